The van der Waals surface area contributed by atoms with Crippen molar-refractivity contribution in [2.45, 2.75) is 0 Å². The van der Waals surface area contributed by atoms with Crippen molar-refractivity contribution in [1.29, 1.82) is 0 Å². The van der Waals surface area contributed by atoms with Crippen molar-refractivity contribution in [2.24, 2.45) is 0 Å². The lowest BCUT2D eigenvalue weighted by molar-refractivity contribution is 0.672. The molecule has 1 heteroatoms. The number of fused-ring (bicyclic) bond motifs is 17. The lowest BCUT2D eigenvalue weighted by Crippen LogP contribution is -1.90. The van der Waals surface area contributed by atoms with Crippen LogP contribution in [0.15, 0.2) is 211 Å². The summed E-state index contributed by atoms with van der Waals surface area (Å²) < 4.78 is 6.48. The van der Waals surface area contributed by atoms with Crippen LogP contribution in [0.1, 0.15) is 0 Å². The molecule has 0 saturated heterocycles. The van der Waals surface area contributed by atoms with E-state index in [0.717, 1.165) is 27.3 Å². The SMILES string of the molecule is c1ccc(-c2ccc3c(c2)c2ccccc2c2c4ccc(-c5ccc(-c6ccc7oc8c9ccccc9ccc8c7c6)c6ccccc56)cc4c4ccccc4c32)cc1. The van der Waals surface area contributed by atoms with Gasteiger partial charge in [0.15, 0.2) is 0 Å². The van der Waals surface area contributed by atoms with Crippen molar-refractivity contribution in [3.63, 3.8) is 0 Å². The van der Waals surface area contributed by atoms with Crippen LogP contribution in [0.3, 0.4) is 0 Å². The molecule has 0 bridgehead atoms. The molecule has 13 aromatic rings. The molecule has 1 aromatic heterocycles. The lowest BCUT2D eigenvalue weighted by atomic mass is 9.85. The highest BCUT2D eigenvalue weighted by Gasteiger charge is 2.19. The molecule has 0 spiro atoms. The first-order valence-corrected chi connectivity index (χ1v) is 20.4. The number of hydrogen-bond acceptors (Lipinski definition) is 1. The van der Waals surface area contributed by atoms with Crippen LogP contribution in [0.25, 0.3) is 131 Å². The van der Waals surface area contributed by atoms with Crippen molar-refractivity contribution in [2.75, 3.05) is 0 Å². The summed E-state index contributed by atoms with van der Waals surface area (Å²) in [5, 5.41) is 20.0. The van der Waals surface area contributed by atoms with Crippen molar-refractivity contribution in [3.8, 4) is 33.4 Å². The molecule has 0 N–H and O–H groups in total. The summed E-state index contributed by atoms with van der Waals surface area (Å²) >= 11 is 0. The van der Waals surface area contributed by atoms with Crippen molar-refractivity contribution in [1.82, 2.24) is 0 Å². The van der Waals surface area contributed by atoms with Crippen LogP contribution in [0.5, 0.6) is 0 Å². The zero-order chi connectivity index (χ0) is 38.6. The molecule has 12 aromatic carbocycles. The quantitative estimate of drug-likeness (QED) is 0.164. The van der Waals surface area contributed by atoms with Crippen LogP contribution in [-0.2, 0) is 0 Å². The molecule has 0 unspecified atom stereocenters. The van der Waals surface area contributed by atoms with Gasteiger partial charge in [-0.25, -0.2) is 0 Å². The predicted molar refractivity (Wildman–Crippen MR) is 253 cm³/mol. The molecule has 0 amide bonds. The molecule has 0 saturated carbocycles. The van der Waals surface area contributed by atoms with Gasteiger partial charge in [-0.15, -0.1) is 0 Å². The maximum atomic E-state index is 6.48. The molecule has 1 nitrogen and oxygen atoms in total. The van der Waals surface area contributed by atoms with E-state index >= 15 is 0 Å². The molecule has 0 aliphatic heterocycles. The smallest absolute Gasteiger partial charge is 0.143 e. The average molecular weight is 747 g/mol. The molecular weight excluding hydrogens is 713 g/mol. The van der Waals surface area contributed by atoms with Crippen LogP contribution in [-0.4, -0.2) is 0 Å². The first-order valence-electron chi connectivity index (χ1n) is 20.4. The molecule has 0 aliphatic rings. The van der Waals surface area contributed by atoms with Gasteiger partial charge in [-0.1, -0.05) is 176 Å². The van der Waals surface area contributed by atoms with Gasteiger partial charge >= 0.3 is 0 Å². The van der Waals surface area contributed by atoms with Gasteiger partial charge < -0.3 is 4.42 Å². The van der Waals surface area contributed by atoms with Gasteiger partial charge in [0, 0.05) is 16.2 Å². The van der Waals surface area contributed by atoms with E-state index in [9.17, 15) is 0 Å². The Balaban J connectivity index is 1.02. The Kier molecular flexibility index (Phi) is 6.79. The Morgan fingerprint density at radius 1 is 0.237 bits per heavy atom. The Bertz CT molecular complexity index is 3890. The monoisotopic (exact) mass is 746 g/mol. The maximum Gasteiger partial charge on any atom is 0.143 e. The van der Waals surface area contributed by atoms with Gasteiger partial charge in [0.2, 0.25) is 0 Å². The highest BCUT2D eigenvalue weighted by molar-refractivity contribution is 6.39. The van der Waals surface area contributed by atoms with E-state index in [1.54, 1.807) is 0 Å². The van der Waals surface area contributed by atoms with Gasteiger partial charge in [-0.05, 0) is 134 Å². The van der Waals surface area contributed by atoms with E-state index in [0.29, 0.717) is 0 Å². The minimum absolute atomic E-state index is 0.912. The minimum Gasteiger partial charge on any atom is -0.455 e. The topological polar surface area (TPSA) is 13.1 Å². The fraction of sp³-hybridized carbons (Fsp3) is 0. The van der Waals surface area contributed by atoms with Crippen LogP contribution < -0.4 is 0 Å². The van der Waals surface area contributed by atoms with E-state index in [1.165, 1.54) is 103 Å². The molecule has 0 aliphatic carbocycles. The average Bonchev–Trinajstić information content (AvgIpc) is 3.69. The molecule has 13 rings (SSSR count). The molecule has 59 heavy (non-hydrogen) atoms. The van der Waals surface area contributed by atoms with Crippen LogP contribution in [0.2, 0.25) is 0 Å². The third-order valence-electron chi connectivity index (χ3n) is 12.8. The van der Waals surface area contributed by atoms with E-state index in [-0.39, 0.29) is 0 Å². The molecule has 0 atom stereocenters. The Hall–Kier alpha value is -7.74. The van der Waals surface area contributed by atoms with Gasteiger partial charge in [-0.2, -0.15) is 0 Å². The normalized spacial score (nSPS) is 12.1. The minimum atomic E-state index is 0.912. The van der Waals surface area contributed by atoms with Crippen LogP contribution in [0.4, 0.5) is 0 Å². The summed E-state index contributed by atoms with van der Waals surface area (Å²) in [4.78, 5) is 0. The van der Waals surface area contributed by atoms with E-state index < -0.39 is 0 Å². The molecule has 0 fully saturated rings. The van der Waals surface area contributed by atoms with Gasteiger partial charge in [0.1, 0.15) is 11.2 Å². The number of furan rings is 1. The highest BCUT2D eigenvalue weighted by atomic mass is 16.3. The largest absolute Gasteiger partial charge is 0.455 e. The third kappa shape index (κ3) is 4.73. The zero-order valence-electron chi connectivity index (χ0n) is 32.0. The third-order valence-corrected chi connectivity index (χ3v) is 12.8. The first kappa shape index (κ1) is 32.4. The van der Waals surface area contributed by atoms with Gasteiger partial charge in [-0.3, -0.25) is 0 Å². The van der Waals surface area contributed by atoms with E-state index in [2.05, 4.69) is 206 Å². The number of benzene rings is 12. The molecule has 272 valence electrons. The Morgan fingerprint density at radius 3 is 1.34 bits per heavy atom. The van der Waals surface area contributed by atoms with Crippen molar-refractivity contribution < 1.29 is 4.42 Å². The summed E-state index contributed by atoms with van der Waals surface area (Å²) in [5.41, 5.74) is 9.17. The van der Waals surface area contributed by atoms with E-state index in [1.807, 2.05) is 0 Å². The predicted octanol–water partition coefficient (Wildman–Crippen LogP) is 16.7. The zero-order valence-corrected chi connectivity index (χ0v) is 32.0. The molecule has 1 heterocycles. The Morgan fingerprint density at radius 2 is 0.695 bits per heavy atom. The highest BCUT2D eigenvalue weighted by Crippen LogP contribution is 2.46. The summed E-state index contributed by atoms with van der Waals surface area (Å²) in [6, 6.07) is 75.9. The number of rotatable bonds is 3. The lowest BCUT2D eigenvalue weighted by Gasteiger charge is -2.18. The summed E-state index contributed by atoms with van der Waals surface area (Å²) in [6.45, 7) is 0. The van der Waals surface area contributed by atoms with Gasteiger partial charge in [0.05, 0.1) is 0 Å². The standard InChI is InChI=1S/C58H34O/c1-2-12-35(13-3-1)37-23-26-49-52(32-37)45-18-8-10-20-47(45)57-50-27-24-38(33-53(50)46-19-9-11-21-48(46)56(49)57)40-29-30-41(44-17-7-6-16-43(40)44)39-25-31-55-54(34-39)51-28-22-36-14-4-5-15-42(36)58(51)59-55/h1-34H. The first-order chi connectivity index (χ1) is 29.3. The fourth-order valence-corrected chi connectivity index (χ4v) is 10.1. The van der Waals surface area contributed by atoms with Crippen LogP contribution >= 0.6 is 0 Å². The van der Waals surface area contributed by atoms with Crippen molar-refractivity contribution in [3.05, 3.63) is 206 Å². The second-order valence-corrected chi connectivity index (χ2v) is 15.9. The summed E-state index contributed by atoms with van der Waals surface area (Å²) in [5.74, 6) is 0. The summed E-state index contributed by atoms with van der Waals surface area (Å²) in [7, 11) is 0. The van der Waals surface area contributed by atoms with Crippen molar-refractivity contribution >= 4 is 97.3 Å². The fourth-order valence-electron chi connectivity index (χ4n) is 10.1. The molecular formula is C58H34O. The number of hydrogen-bond donors (Lipinski definition) is 0. The van der Waals surface area contributed by atoms with Crippen LogP contribution in [0, 0.1) is 0 Å². The maximum absolute atomic E-state index is 6.48. The second kappa shape index (κ2) is 12.4. The summed E-state index contributed by atoms with van der Waals surface area (Å²) in [6.07, 6.45) is 0. The molecule has 0 radical (unpaired) electrons. The van der Waals surface area contributed by atoms with E-state index in [4.69, 9.17) is 4.42 Å². The second-order valence-electron chi connectivity index (χ2n) is 15.9. The van der Waals surface area contributed by atoms with Gasteiger partial charge in [0.25, 0.3) is 0 Å². The Labute approximate surface area is 340 Å².